The lowest BCUT2D eigenvalue weighted by atomic mass is 10.0. The largest absolute Gasteiger partial charge is 0.496 e. The molecule has 0 saturated carbocycles. The van der Waals surface area contributed by atoms with Gasteiger partial charge in [0.1, 0.15) is 10.6 Å². The van der Waals surface area contributed by atoms with Crippen LogP contribution >= 0.6 is 0 Å². The van der Waals surface area contributed by atoms with Crippen LogP contribution in [0.2, 0.25) is 0 Å². The summed E-state index contributed by atoms with van der Waals surface area (Å²) in [5.74, 6) is 0.605. The zero-order chi connectivity index (χ0) is 23.3. The molecule has 0 radical (unpaired) electrons. The van der Waals surface area contributed by atoms with Gasteiger partial charge in [-0.05, 0) is 22.9 Å². The summed E-state index contributed by atoms with van der Waals surface area (Å²) in [5.41, 5.74) is 3.27. The maximum atomic E-state index is 13.1. The minimum absolute atomic E-state index is 0.137. The molecule has 1 N–H and O–H groups in total. The van der Waals surface area contributed by atoms with E-state index in [4.69, 9.17) is 4.74 Å². The second kappa shape index (κ2) is 9.75. The maximum Gasteiger partial charge on any atom is 0.270 e. The SMILES string of the molecule is CCN(CC)S(=O)(=O)c1cc([N+](=O)[O-])ccc1N/N=C\c1c(OC)ccc2ccccc12. The van der Waals surface area contributed by atoms with Gasteiger partial charge in [0, 0.05) is 30.8 Å². The Morgan fingerprint density at radius 2 is 1.84 bits per heavy atom. The molecule has 3 aromatic carbocycles. The fraction of sp³-hybridized carbons (Fsp3) is 0.227. The number of benzene rings is 3. The standard InChI is InChI=1S/C22H24N4O5S/c1-4-25(5-2)32(29,30)22-14-17(26(27)28)11-12-20(22)24-23-15-19-18-9-7-6-8-16(18)10-13-21(19)31-3/h6-15,24H,4-5H2,1-3H3/b23-15-. The van der Waals surface area contributed by atoms with Crippen LogP contribution in [-0.4, -0.2) is 44.1 Å². The molecule has 0 atom stereocenters. The van der Waals surface area contributed by atoms with E-state index in [0.29, 0.717) is 11.3 Å². The molecule has 168 valence electrons. The number of ether oxygens (including phenoxy) is 1. The van der Waals surface area contributed by atoms with Crippen LogP contribution < -0.4 is 10.2 Å². The highest BCUT2D eigenvalue weighted by Gasteiger charge is 2.27. The van der Waals surface area contributed by atoms with E-state index in [-0.39, 0.29) is 29.4 Å². The minimum atomic E-state index is -3.96. The Balaban J connectivity index is 2.04. The van der Waals surface area contributed by atoms with Gasteiger partial charge in [-0.25, -0.2) is 8.42 Å². The van der Waals surface area contributed by atoms with E-state index < -0.39 is 14.9 Å². The van der Waals surface area contributed by atoms with Crippen molar-refractivity contribution in [2.45, 2.75) is 18.7 Å². The molecule has 3 rings (SSSR count). The number of methoxy groups -OCH3 is 1. The number of anilines is 1. The summed E-state index contributed by atoms with van der Waals surface area (Å²) in [6.07, 6.45) is 1.54. The lowest BCUT2D eigenvalue weighted by Crippen LogP contribution is -2.31. The van der Waals surface area contributed by atoms with Crippen molar-refractivity contribution < 1.29 is 18.1 Å². The first-order valence-corrected chi connectivity index (χ1v) is 11.4. The van der Waals surface area contributed by atoms with Gasteiger partial charge < -0.3 is 4.74 Å². The smallest absolute Gasteiger partial charge is 0.270 e. The summed E-state index contributed by atoms with van der Waals surface area (Å²) in [6, 6.07) is 15.1. The van der Waals surface area contributed by atoms with Crippen LogP contribution in [0.1, 0.15) is 19.4 Å². The number of nitrogens with zero attached hydrogens (tertiary/aromatic N) is 3. The van der Waals surface area contributed by atoms with Gasteiger partial charge in [0.15, 0.2) is 0 Å². The quantitative estimate of drug-likeness (QED) is 0.293. The van der Waals surface area contributed by atoms with Crippen LogP contribution in [0.15, 0.2) is 64.6 Å². The van der Waals surface area contributed by atoms with Crippen molar-refractivity contribution in [2.24, 2.45) is 5.10 Å². The van der Waals surface area contributed by atoms with Crippen molar-refractivity contribution in [1.82, 2.24) is 4.31 Å². The summed E-state index contributed by atoms with van der Waals surface area (Å²) in [5, 5.41) is 17.4. The molecule has 10 heteroatoms. The normalized spacial score (nSPS) is 11.9. The molecule has 0 aliphatic rings. The maximum absolute atomic E-state index is 13.1. The Kier molecular flexibility index (Phi) is 7.06. The Morgan fingerprint density at radius 1 is 1.12 bits per heavy atom. The topological polar surface area (TPSA) is 114 Å². The molecular formula is C22H24N4O5S. The number of hydrogen-bond acceptors (Lipinski definition) is 7. The van der Waals surface area contributed by atoms with Crippen LogP contribution in [0.3, 0.4) is 0 Å². The number of rotatable bonds is 9. The number of hydrazone groups is 1. The molecule has 0 heterocycles. The van der Waals surface area contributed by atoms with E-state index in [1.165, 1.54) is 22.7 Å². The number of fused-ring (bicyclic) bond motifs is 1. The van der Waals surface area contributed by atoms with Crippen LogP contribution in [0.25, 0.3) is 10.8 Å². The molecule has 0 aromatic heterocycles. The zero-order valence-corrected chi connectivity index (χ0v) is 18.8. The predicted molar refractivity (Wildman–Crippen MR) is 125 cm³/mol. The molecule has 0 spiro atoms. The molecule has 3 aromatic rings. The monoisotopic (exact) mass is 456 g/mol. The number of non-ortho nitro benzene ring substituents is 1. The van der Waals surface area contributed by atoms with Gasteiger partial charge in [-0.2, -0.15) is 9.41 Å². The van der Waals surface area contributed by atoms with Crippen molar-refractivity contribution in [3.63, 3.8) is 0 Å². The van der Waals surface area contributed by atoms with E-state index in [0.717, 1.165) is 16.8 Å². The van der Waals surface area contributed by atoms with Gasteiger partial charge in [0.05, 0.1) is 23.9 Å². The van der Waals surface area contributed by atoms with E-state index in [1.54, 1.807) is 21.0 Å². The zero-order valence-electron chi connectivity index (χ0n) is 18.0. The molecule has 9 nitrogen and oxygen atoms in total. The molecule has 0 bridgehead atoms. The Labute approximate surface area is 186 Å². The van der Waals surface area contributed by atoms with E-state index in [2.05, 4.69) is 10.5 Å². The average Bonchev–Trinajstić information content (AvgIpc) is 2.79. The molecule has 0 aliphatic carbocycles. The number of hydrogen-bond donors (Lipinski definition) is 1. The number of sulfonamides is 1. The Hall–Kier alpha value is -3.50. The van der Waals surface area contributed by atoms with Gasteiger partial charge in [0.25, 0.3) is 5.69 Å². The summed E-state index contributed by atoms with van der Waals surface area (Å²) in [4.78, 5) is 10.4. The van der Waals surface area contributed by atoms with Crippen molar-refractivity contribution in [1.29, 1.82) is 0 Å². The van der Waals surface area contributed by atoms with Crippen molar-refractivity contribution in [3.8, 4) is 5.75 Å². The number of nitrogens with one attached hydrogen (secondary N) is 1. The van der Waals surface area contributed by atoms with Crippen molar-refractivity contribution >= 4 is 38.4 Å². The van der Waals surface area contributed by atoms with Crippen LogP contribution in [0, 0.1) is 10.1 Å². The first-order valence-electron chi connectivity index (χ1n) is 9.96. The van der Waals surface area contributed by atoms with Gasteiger partial charge in [-0.1, -0.05) is 44.2 Å². The molecule has 0 unspecified atom stereocenters. The second-order valence-corrected chi connectivity index (χ2v) is 8.71. The van der Waals surface area contributed by atoms with E-state index in [9.17, 15) is 18.5 Å². The summed E-state index contributed by atoms with van der Waals surface area (Å²) < 4.78 is 32.9. The summed E-state index contributed by atoms with van der Waals surface area (Å²) in [7, 11) is -2.41. The minimum Gasteiger partial charge on any atom is -0.496 e. The molecule has 0 saturated heterocycles. The number of nitro groups is 1. The fourth-order valence-electron chi connectivity index (χ4n) is 3.39. The lowest BCUT2D eigenvalue weighted by molar-refractivity contribution is -0.385. The molecule has 0 amide bonds. The van der Waals surface area contributed by atoms with Crippen LogP contribution in [0.5, 0.6) is 5.75 Å². The summed E-state index contributed by atoms with van der Waals surface area (Å²) >= 11 is 0. The third kappa shape index (κ3) is 4.56. The van der Waals surface area contributed by atoms with Gasteiger partial charge in [-0.3, -0.25) is 15.5 Å². The molecule has 0 fully saturated rings. The van der Waals surface area contributed by atoms with Gasteiger partial charge >= 0.3 is 0 Å². The van der Waals surface area contributed by atoms with Crippen LogP contribution in [-0.2, 0) is 10.0 Å². The number of nitro benzene ring substituents is 1. The van der Waals surface area contributed by atoms with Crippen molar-refractivity contribution in [2.75, 3.05) is 25.6 Å². The first-order chi connectivity index (χ1) is 15.3. The first kappa shape index (κ1) is 23.2. The molecule has 0 aliphatic heterocycles. The van der Waals surface area contributed by atoms with Gasteiger partial charge in [0.2, 0.25) is 10.0 Å². The van der Waals surface area contributed by atoms with Crippen molar-refractivity contribution in [3.05, 3.63) is 70.3 Å². The summed E-state index contributed by atoms with van der Waals surface area (Å²) in [6.45, 7) is 3.88. The average molecular weight is 457 g/mol. The lowest BCUT2D eigenvalue weighted by Gasteiger charge is -2.20. The Morgan fingerprint density at radius 3 is 2.50 bits per heavy atom. The highest BCUT2D eigenvalue weighted by molar-refractivity contribution is 7.89. The van der Waals surface area contributed by atoms with E-state index in [1.807, 2.05) is 36.4 Å². The highest BCUT2D eigenvalue weighted by atomic mass is 32.2. The Bertz CT molecular complexity index is 1270. The third-order valence-electron chi connectivity index (χ3n) is 5.03. The predicted octanol–water partition coefficient (Wildman–Crippen LogP) is 4.23. The highest BCUT2D eigenvalue weighted by Crippen LogP contribution is 2.30. The molecular weight excluding hydrogens is 432 g/mol. The third-order valence-corrected chi connectivity index (χ3v) is 7.12. The molecule has 32 heavy (non-hydrogen) atoms. The second-order valence-electron chi connectivity index (χ2n) is 6.80. The fourth-order valence-corrected chi connectivity index (χ4v) is 5.01. The van der Waals surface area contributed by atoms with Crippen LogP contribution in [0.4, 0.5) is 11.4 Å². The van der Waals surface area contributed by atoms with Gasteiger partial charge in [-0.15, -0.1) is 0 Å². The van der Waals surface area contributed by atoms with E-state index >= 15 is 0 Å².